The summed E-state index contributed by atoms with van der Waals surface area (Å²) in [4.78, 5) is 22.4. The van der Waals surface area contributed by atoms with Crippen LogP contribution in [0, 0.1) is 0 Å². The smallest absolute Gasteiger partial charge is 0.405 e. The molecule has 2 amide bonds. The first kappa shape index (κ1) is 14.6. The Morgan fingerprint density at radius 1 is 1.17 bits per heavy atom. The van der Waals surface area contributed by atoms with Crippen molar-refractivity contribution in [3.63, 3.8) is 0 Å². The summed E-state index contributed by atoms with van der Waals surface area (Å²) in [7, 11) is 0. The molecule has 1 rings (SSSR count). The van der Waals surface area contributed by atoms with Crippen LogP contribution in [-0.2, 0) is 4.79 Å². The number of aliphatic carboxylic acids is 1. The summed E-state index contributed by atoms with van der Waals surface area (Å²) in [5.41, 5.74) is -1.44. The van der Waals surface area contributed by atoms with Crippen LogP contribution in [0.4, 0.5) is 18.0 Å². The van der Waals surface area contributed by atoms with Crippen molar-refractivity contribution >= 4 is 12.0 Å². The molecule has 0 bridgehead atoms. The van der Waals surface area contributed by atoms with Crippen molar-refractivity contribution in [1.82, 2.24) is 10.6 Å². The number of urea groups is 1. The van der Waals surface area contributed by atoms with Gasteiger partial charge in [0, 0.05) is 0 Å². The summed E-state index contributed by atoms with van der Waals surface area (Å²) in [6.45, 7) is -1.48. The monoisotopic (exact) mass is 268 g/mol. The molecule has 0 aromatic heterocycles. The number of carboxylic acids is 1. The minimum Gasteiger partial charge on any atom is -0.480 e. The molecule has 0 aromatic carbocycles. The lowest BCUT2D eigenvalue weighted by molar-refractivity contribution is -0.145. The van der Waals surface area contributed by atoms with Gasteiger partial charge in [-0.25, -0.2) is 9.59 Å². The van der Waals surface area contributed by atoms with Crippen LogP contribution in [0.5, 0.6) is 0 Å². The number of rotatable bonds is 3. The van der Waals surface area contributed by atoms with Gasteiger partial charge >= 0.3 is 18.2 Å². The third kappa shape index (κ3) is 4.08. The van der Waals surface area contributed by atoms with E-state index in [0.717, 1.165) is 6.42 Å². The maximum absolute atomic E-state index is 11.9. The zero-order chi connectivity index (χ0) is 13.8. The van der Waals surface area contributed by atoms with Gasteiger partial charge < -0.3 is 15.7 Å². The fraction of sp³-hybridized carbons (Fsp3) is 0.800. The van der Waals surface area contributed by atoms with Crippen LogP contribution < -0.4 is 10.6 Å². The second-order valence-electron chi connectivity index (χ2n) is 4.37. The van der Waals surface area contributed by atoms with E-state index >= 15 is 0 Å². The van der Waals surface area contributed by atoms with Crippen LogP contribution >= 0.6 is 0 Å². The van der Waals surface area contributed by atoms with E-state index in [1.807, 2.05) is 0 Å². The fourth-order valence-corrected chi connectivity index (χ4v) is 1.99. The number of halogens is 3. The molecule has 18 heavy (non-hydrogen) atoms. The van der Waals surface area contributed by atoms with Gasteiger partial charge in [0.25, 0.3) is 0 Å². The summed E-state index contributed by atoms with van der Waals surface area (Å²) in [5, 5.41) is 12.9. The highest BCUT2D eigenvalue weighted by Crippen LogP contribution is 2.28. The molecule has 0 aliphatic heterocycles. The molecule has 8 heteroatoms. The molecule has 3 N–H and O–H groups in total. The Morgan fingerprint density at radius 3 is 2.17 bits per heavy atom. The summed E-state index contributed by atoms with van der Waals surface area (Å²) >= 11 is 0. The Kier molecular flexibility index (Phi) is 4.42. The van der Waals surface area contributed by atoms with Gasteiger partial charge in [-0.1, -0.05) is 19.3 Å². The number of carbonyl (C=O) groups is 2. The van der Waals surface area contributed by atoms with Gasteiger partial charge in [-0.2, -0.15) is 13.2 Å². The average molecular weight is 268 g/mol. The molecule has 104 valence electrons. The van der Waals surface area contributed by atoms with Crippen molar-refractivity contribution in [2.24, 2.45) is 0 Å². The normalized spacial score (nSPS) is 19.1. The van der Waals surface area contributed by atoms with Crippen molar-refractivity contribution < 1.29 is 27.9 Å². The standard InChI is InChI=1S/C10H15F3N2O3/c11-10(12,13)6-14-8(18)15-9(7(16)17)4-2-1-3-5-9/h1-6H2,(H,16,17)(H2,14,15,18). The van der Waals surface area contributed by atoms with E-state index in [-0.39, 0.29) is 12.8 Å². The third-order valence-electron chi connectivity index (χ3n) is 2.92. The zero-order valence-corrected chi connectivity index (χ0v) is 9.64. The van der Waals surface area contributed by atoms with E-state index in [1.54, 1.807) is 5.32 Å². The highest BCUT2D eigenvalue weighted by molar-refractivity contribution is 5.86. The van der Waals surface area contributed by atoms with Crippen LogP contribution in [0.1, 0.15) is 32.1 Å². The zero-order valence-electron chi connectivity index (χ0n) is 9.64. The number of carboxylic acid groups (broad SMARTS) is 1. The van der Waals surface area contributed by atoms with E-state index < -0.39 is 30.3 Å². The minimum atomic E-state index is -4.51. The number of nitrogens with one attached hydrogen (secondary N) is 2. The van der Waals surface area contributed by atoms with E-state index in [1.165, 1.54) is 0 Å². The van der Waals surface area contributed by atoms with Crippen molar-refractivity contribution in [2.75, 3.05) is 6.54 Å². The lowest BCUT2D eigenvalue weighted by atomic mass is 9.82. The molecule has 1 saturated carbocycles. The molecule has 0 heterocycles. The lowest BCUT2D eigenvalue weighted by Gasteiger charge is -2.33. The molecule has 1 aliphatic rings. The summed E-state index contributed by atoms with van der Waals surface area (Å²) in [6, 6.07) is -1.10. The van der Waals surface area contributed by atoms with Crippen LogP contribution in [0.2, 0.25) is 0 Å². The van der Waals surface area contributed by atoms with Gasteiger partial charge in [0.1, 0.15) is 12.1 Å². The summed E-state index contributed by atoms with van der Waals surface area (Å²) in [6.07, 6.45) is -1.91. The van der Waals surface area contributed by atoms with Crippen molar-refractivity contribution in [1.29, 1.82) is 0 Å². The Labute approximate surface area is 102 Å². The Morgan fingerprint density at radius 2 is 1.72 bits per heavy atom. The summed E-state index contributed by atoms with van der Waals surface area (Å²) < 4.78 is 35.7. The quantitative estimate of drug-likeness (QED) is 0.728. The van der Waals surface area contributed by atoms with E-state index in [0.29, 0.717) is 12.8 Å². The van der Waals surface area contributed by atoms with Crippen LogP contribution in [0.25, 0.3) is 0 Å². The first-order valence-electron chi connectivity index (χ1n) is 5.61. The number of amides is 2. The molecular weight excluding hydrogens is 253 g/mol. The maximum atomic E-state index is 11.9. The molecule has 0 atom stereocenters. The molecule has 1 fully saturated rings. The Hall–Kier alpha value is -1.47. The van der Waals surface area contributed by atoms with Gasteiger partial charge in [0.15, 0.2) is 0 Å². The highest BCUT2D eigenvalue weighted by Gasteiger charge is 2.41. The maximum Gasteiger partial charge on any atom is 0.405 e. The third-order valence-corrected chi connectivity index (χ3v) is 2.92. The predicted octanol–water partition coefficient (Wildman–Crippen LogP) is 1.64. The van der Waals surface area contributed by atoms with Gasteiger partial charge in [-0.3, -0.25) is 0 Å². The molecular formula is C10H15F3N2O3. The second-order valence-corrected chi connectivity index (χ2v) is 4.37. The number of hydrogen-bond donors (Lipinski definition) is 3. The first-order valence-corrected chi connectivity index (χ1v) is 5.61. The Balaban J connectivity index is 2.56. The molecule has 0 aromatic rings. The van der Waals surface area contributed by atoms with Gasteiger partial charge in [0.05, 0.1) is 0 Å². The topological polar surface area (TPSA) is 78.4 Å². The minimum absolute atomic E-state index is 0.238. The lowest BCUT2D eigenvalue weighted by Crippen LogP contribution is -2.58. The summed E-state index contributed by atoms with van der Waals surface area (Å²) in [5.74, 6) is -1.20. The van der Waals surface area contributed by atoms with Crippen molar-refractivity contribution in [3.05, 3.63) is 0 Å². The molecule has 0 unspecified atom stereocenters. The first-order chi connectivity index (χ1) is 8.25. The molecule has 5 nitrogen and oxygen atoms in total. The molecule has 0 spiro atoms. The molecule has 1 aliphatic carbocycles. The van der Waals surface area contributed by atoms with Gasteiger partial charge in [-0.15, -0.1) is 0 Å². The number of alkyl halides is 3. The fourth-order valence-electron chi connectivity index (χ4n) is 1.99. The van der Waals surface area contributed by atoms with E-state index in [4.69, 9.17) is 5.11 Å². The largest absolute Gasteiger partial charge is 0.480 e. The SMILES string of the molecule is O=C(NCC(F)(F)F)NC1(C(=O)O)CCCCC1. The average Bonchev–Trinajstić information content (AvgIpc) is 2.26. The van der Waals surface area contributed by atoms with Crippen LogP contribution in [0.15, 0.2) is 0 Å². The van der Waals surface area contributed by atoms with Crippen LogP contribution in [0.3, 0.4) is 0 Å². The number of hydrogen-bond acceptors (Lipinski definition) is 2. The number of carbonyl (C=O) groups excluding carboxylic acids is 1. The molecule has 0 saturated heterocycles. The van der Waals surface area contributed by atoms with Crippen molar-refractivity contribution in [2.45, 2.75) is 43.8 Å². The van der Waals surface area contributed by atoms with Crippen molar-refractivity contribution in [3.8, 4) is 0 Å². The van der Waals surface area contributed by atoms with E-state index in [9.17, 15) is 22.8 Å². The predicted molar refractivity (Wildman–Crippen MR) is 56.0 cm³/mol. The second kappa shape index (κ2) is 5.45. The Bertz CT molecular complexity index is 325. The highest BCUT2D eigenvalue weighted by atomic mass is 19.4. The van der Waals surface area contributed by atoms with Gasteiger partial charge in [-0.05, 0) is 12.8 Å². The van der Waals surface area contributed by atoms with Gasteiger partial charge in [0.2, 0.25) is 0 Å². The van der Waals surface area contributed by atoms with E-state index in [2.05, 4.69) is 5.32 Å². The molecule has 0 radical (unpaired) electrons. The van der Waals surface area contributed by atoms with Crippen LogP contribution in [-0.4, -0.2) is 35.4 Å².